The number of rotatable bonds is 3. The van der Waals surface area contributed by atoms with Crippen LogP contribution >= 0.6 is 0 Å². The first kappa shape index (κ1) is 10.4. The van der Waals surface area contributed by atoms with Crippen LogP contribution < -0.4 is 5.32 Å². The van der Waals surface area contributed by atoms with Gasteiger partial charge in [-0.3, -0.25) is 9.48 Å². The molecule has 0 saturated heterocycles. The van der Waals surface area contributed by atoms with Crippen molar-refractivity contribution in [3.8, 4) is 0 Å². The summed E-state index contributed by atoms with van der Waals surface area (Å²) in [5.41, 5.74) is 3.39. The van der Waals surface area contributed by atoms with Crippen molar-refractivity contribution in [3.05, 3.63) is 41.7 Å². The monoisotopic (exact) mass is 215 g/mol. The van der Waals surface area contributed by atoms with Gasteiger partial charge in [-0.2, -0.15) is 5.10 Å². The lowest BCUT2D eigenvalue weighted by Gasteiger charge is -2.07. The number of nitrogens with zero attached hydrogens (tertiary/aromatic N) is 2. The molecule has 1 heterocycles. The Morgan fingerprint density at radius 3 is 2.69 bits per heavy atom. The highest BCUT2D eigenvalue weighted by Gasteiger charge is 2.05. The number of para-hydroxylation sites is 1. The number of aromatic nitrogens is 2. The number of nitrogens with one attached hydrogen (secondary N) is 1. The van der Waals surface area contributed by atoms with Crippen molar-refractivity contribution in [3.63, 3.8) is 0 Å². The van der Waals surface area contributed by atoms with Crippen molar-refractivity contribution >= 4 is 17.7 Å². The number of hydrogen-bond donors (Lipinski definition) is 1. The van der Waals surface area contributed by atoms with Gasteiger partial charge in [0, 0.05) is 18.3 Å². The largest absolute Gasteiger partial charge is 0.352 e. The van der Waals surface area contributed by atoms with Crippen LogP contribution in [0.15, 0.2) is 30.5 Å². The molecule has 1 aromatic heterocycles. The Hall–Kier alpha value is -2.10. The van der Waals surface area contributed by atoms with E-state index >= 15 is 0 Å². The molecule has 4 nitrogen and oxygen atoms in total. The Morgan fingerprint density at radius 1 is 1.31 bits per heavy atom. The molecule has 0 aliphatic rings. The zero-order chi connectivity index (χ0) is 11.5. The highest BCUT2D eigenvalue weighted by Crippen LogP contribution is 2.21. The summed E-state index contributed by atoms with van der Waals surface area (Å²) in [5.74, 6) is 0. The maximum absolute atomic E-state index is 10.8. The smallest absolute Gasteiger partial charge is 0.152 e. The fraction of sp³-hybridized carbons (Fsp3) is 0.167. The van der Waals surface area contributed by atoms with Gasteiger partial charge >= 0.3 is 0 Å². The number of aryl methyl sites for hydroxylation is 1. The lowest BCUT2D eigenvalue weighted by Crippen LogP contribution is -1.97. The second kappa shape index (κ2) is 4.18. The van der Waals surface area contributed by atoms with E-state index in [1.807, 2.05) is 32.2 Å². The van der Waals surface area contributed by atoms with Crippen LogP contribution in [0.4, 0.5) is 11.4 Å². The van der Waals surface area contributed by atoms with E-state index in [9.17, 15) is 4.79 Å². The molecule has 16 heavy (non-hydrogen) atoms. The number of aldehydes is 1. The van der Waals surface area contributed by atoms with Crippen LogP contribution in [0, 0.1) is 6.92 Å². The minimum absolute atomic E-state index is 0.644. The van der Waals surface area contributed by atoms with E-state index in [-0.39, 0.29) is 0 Å². The van der Waals surface area contributed by atoms with E-state index in [4.69, 9.17) is 0 Å². The van der Waals surface area contributed by atoms with Gasteiger partial charge in [-0.1, -0.05) is 12.1 Å². The topological polar surface area (TPSA) is 46.9 Å². The number of carbonyl (C=O) groups excluding carboxylic acids is 1. The Morgan fingerprint density at radius 2 is 2.06 bits per heavy atom. The maximum atomic E-state index is 10.8. The van der Waals surface area contributed by atoms with Gasteiger partial charge in [0.1, 0.15) is 0 Å². The Labute approximate surface area is 93.9 Å². The average molecular weight is 215 g/mol. The molecule has 4 heteroatoms. The standard InChI is InChI=1S/C12H13N3O/c1-9-12(7-13-15(9)2)14-11-6-4-3-5-10(11)8-16/h3-8,14H,1-2H3. The van der Waals surface area contributed by atoms with Gasteiger partial charge in [0.05, 0.1) is 17.6 Å². The molecule has 0 aliphatic heterocycles. The first-order chi connectivity index (χ1) is 7.72. The van der Waals surface area contributed by atoms with E-state index in [1.54, 1.807) is 16.9 Å². The van der Waals surface area contributed by atoms with E-state index in [1.165, 1.54) is 0 Å². The summed E-state index contributed by atoms with van der Waals surface area (Å²) in [6.07, 6.45) is 2.59. The summed E-state index contributed by atoms with van der Waals surface area (Å²) in [5, 5.41) is 7.33. The third kappa shape index (κ3) is 1.82. The van der Waals surface area contributed by atoms with Gasteiger partial charge in [0.25, 0.3) is 0 Å². The number of hydrogen-bond acceptors (Lipinski definition) is 3. The number of benzene rings is 1. The van der Waals surface area contributed by atoms with Crippen LogP contribution in [0.3, 0.4) is 0 Å². The Bertz CT molecular complexity index is 517. The van der Waals surface area contributed by atoms with Crippen LogP contribution in [0.2, 0.25) is 0 Å². The molecule has 0 atom stereocenters. The second-order valence-electron chi connectivity index (χ2n) is 3.60. The summed E-state index contributed by atoms with van der Waals surface area (Å²) in [6.45, 7) is 1.97. The van der Waals surface area contributed by atoms with Crippen LogP contribution in [0.5, 0.6) is 0 Å². The summed E-state index contributed by atoms with van der Waals surface area (Å²) in [6, 6.07) is 7.38. The minimum atomic E-state index is 0.644. The summed E-state index contributed by atoms with van der Waals surface area (Å²) in [7, 11) is 1.88. The molecular weight excluding hydrogens is 202 g/mol. The summed E-state index contributed by atoms with van der Waals surface area (Å²) in [4.78, 5) is 10.8. The average Bonchev–Trinajstić information content (AvgIpc) is 2.62. The van der Waals surface area contributed by atoms with Gasteiger partial charge in [-0.05, 0) is 19.1 Å². The van der Waals surface area contributed by atoms with Crippen LogP contribution in [-0.2, 0) is 7.05 Å². The van der Waals surface area contributed by atoms with Crippen molar-refractivity contribution < 1.29 is 4.79 Å². The van der Waals surface area contributed by atoms with E-state index in [2.05, 4.69) is 10.4 Å². The van der Waals surface area contributed by atoms with Crippen molar-refractivity contribution in [1.82, 2.24) is 9.78 Å². The molecular formula is C12H13N3O. The third-order valence-electron chi connectivity index (χ3n) is 2.59. The number of anilines is 2. The van der Waals surface area contributed by atoms with Gasteiger partial charge < -0.3 is 5.32 Å². The van der Waals surface area contributed by atoms with Gasteiger partial charge in [-0.25, -0.2) is 0 Å². The molecule has 1 aromatic carbocycles. The molecule has 1 N–H and O–H groups in total. The Balaban J connectivity index is 2.33. The molecule has 0 amide bonds. The molecule has 82 valence electrons. The van der Waals surface area contributed by atoms with Crippen molar-refractivity contribution in [2.45, 2.75) is 6.92 Å². The first-order valence-electron chi connectivity index (χ1n) is 5.02. The zero-order valence-electron chi connectivity index (χ0n) is 9.27. The SMILES string of the molecule is Cc1c(Nc2ccccc2C=O)cnn1C. The molecule has 0 unspecified atom stereocenters. The molecule has 2 rings (SSSR count). The molecule has 2 aromatic rings. The predicted molar refractivity (Wildman–Crippen MR) is 63.1 cm³/mol. The second-order valence-corrected chi connectivity index (χ2v) is 3.60. The Kier molecular flexibility index (Phi) is 2.72. The van der Waals surface area contributed by atoms with Crippen molar-refractivity contribution in [1.29, 1.82) is 0 Å². The van der Waals surface area contributed by atoms with Gasteiger partial charge in [0.15, 0.2) is 6.29 Å². The van der Waals surface area contributed by atoms with E-state index in [0.29, 0.717) is 5.56 Å². The van der Waals surface area contributed by atoms with Crippen molar-refractivity contribution in [2.24, 2.45) is 7.05 Å². The maximum Gasteiger partial charge on any atom is 0.152 e. The highest BCUT2D eigenvalue weighted by atomic mass is 16.1. The fourth-order valence-corrected chi connectivity index (χ4v) is 1.48. The minimum Gasteiger partial charge on any atom is -0.352 e. The number of carbonyl (C=O) groups is 1. The highest BCUT2D eigenvalue weighted by molar-refractivity contribution is 5.86. The molecule has 0 fully saturated rings. The van der Waals surface area contributed by atoms with Gasteiger partial charge in [0.2, 0.25) is 0 Å². The summed E-state index contributed by atoms with van der Waals surface area (Å²) >= 11 is 0. The van der Waals surface area contributed by atoms with E-state index in [0.717, 1.165) is 23.4 Å². The summed E-state index contributed by atoms with van der Waals surface area (Å²) < 4.78 is 1.78. The molecule has 0 bridgehead atoms. The van der Waals surface area contributed by atoms with Crippen LogP contribution in [0.1, 0.15) is 16.1 Å². The molecule has 0 radical (unpaired) electrons. The van der Waals surface area contributed by atoms with E-state index < -0.39 is 0 Å². The third-order valence-corrected chi connectivity index (χ3v) is 2.59. The lowest BCUT2D eigenvalue weighted by atomic mass is 10.2. The molecule has 0 saturated carbocycles. The normalized spacial score (nSPS) is 10.1. The predicted octanol–water partition coefficient (Wildman–Crippen LogP) is 2.28. The van der Waals surface area contributed by atoms with Crippen molar-refractivity contribution in [2.75, 3.05) is 5.32 Å². The zero-order valence-corrected chi connectivity index (χ0v) is 9.27. The molecule has 0 spiro atoms. The fourth-order valence-electron chi connectivity index (χ4n) is 1.48. The quantitative estimate of drug-likeness (QED) is 0.799. The van der Waals surface area contributed by atoms with Gasteiger partial charge in [-0.15, -0.1) is 0 Å². The lowest BCUT2D eigenvalue weighted by molar-refractivity contribution is 0.112. The van der Waals surface area contributed by atoms with Crippen LogP contribution in [0.25, 0.3) is 0 Å². The molecule has 0 aliphatic carbocycles. The first-order valence-corrected chi connectivity index (χ1v) is 5.02. The van der Waals surface area contributed by atoms with Crippen LogP contribution in [-0.4, -0.2) is 16.1 Å².